The van der Waals surface area contributed by atoms with Gasteiger partial charge in [-0.2, -0.15) is 0 Å². The van der Waals surface area contributed by atoms with Crippen LogP contribution in [0.5, 0.6) is 11.5 Å². The molecule has 3 N–H and O–H groups in total. The summed E-state index contributed by atoms with van der Waals surface area (Å²) in [5.41, 5.74) is -0.384. The molecule has 1 fully saturated rings. The molecule has 1 aromatic rings. The van der Waals surface area contributed by atoms with Gasteiger partial charge < -0.3 is 15.3 Å². The molecule has 0 bridgehead atoms. The Kier molecular flexibility index (Phi) is 1.89. The zero-order valence-electron chi connectivity index (χ0n) is 7.50. The zero-order chi connectivity index (χ0) is 10.3. The van der Waals surface area contributed by atoms with E-state index in [1.54, 1.807) is 0 Å². The molecule has 0 aliphatic heterocycles. The number of hydrogen-bond acceptors (Lipinski definition) is 3. The summed E-state index contributed by atoms with van der Waals surface area (Å²) in [6, 6.07) is 2.01. The maximum absolute atomic E-state index is 12.7. The van der Waals surface area contributed by atoms with Crippen LogP contribution in [0.15, 0.2) is 12.1 Å². The third kappa shape index (κ3) is 1.65. The Morgan fingerprint density at radius 2 is 1.86 bits per heavy atom. The highest BCUT2D eigenvalue weighted by Gasteiger charge is 2.40. The predicted octanol–water partition coefficient (Wildman–Crippen LogP) is 1.30. The van der Waals surface area contributed by atoms with Crippen LogP contribution in [0.2, 0.25) is 0 Å². The highest BCUT2D eigenvalue weighted by atomic mass is 19.1. The first-order valence-corrected chi connectivity index (χ1v) is 4.43. The molecule has 0 saturated heterocycles. The molecule has 2 rings (SSSR count). The topological polar surface area (TPSA) is 60.7 Å². The molecule has 0 radical (unpaired) electrons. The van der Waals surface area contributed by atoms with Gasteiger partial charge in [0.05, 0.1) is 5.60 Å². The summed E-state index contributed by atoms with van der Waals surface area (Å²) >= 11 is 0. The van der Waals surface area contributed by atoms with Gasteiger partial charge in [-0.3, -0.25) is 0 Å². The molecule has 0 amide bonds. The Balaban J connectivity index is 2.29. The lowest BCUT2D eigenvalue weighted by molar-refractivity contribution is 0.150. The Hall–Kier alpha value is -1.29. The van der Waals surface area contributed by atoms with E-state index in [4.69, 9.17) is 5.11 Å². The molecule has 0 spiro atoms. The van der Waals surface area contributed by atoms with E-state index in [9.17, 15) is 14.6 Å². The molecule has 4 heteroatoms. The van der Waals surface area contributed by atoms with Gasteiger partial charge >= 0.3 is 0 Å². The summed E-state index contributed by atoms with van der Waals surface area (Å²) in [5, 5.41) is 28.0. The van der Waals surface area contributed by atoms with Crippen molar-refractivity contribution in [1.29, 1.82) is 0 Å². The summed E-state index contributed by atoms with van der Waals surface area (Å²) in [6.45, 7) is 0. The molecule has 76 valence electrons. The fraction of sp³-hybridized carbons (Fsp3) is 0.400. The van der Waals surface area contributed by atoms with E-state index >= 15 is 0 Å². The van der Waals surface area contributed by atoms with Crippen molar-refractivity contribution in [2.75, 3.05) is 0 Å². The lowest BCUT2D eigenvalue weighted by Crippen LogP contribution is -2.10. The summed E-state index contributed by atoms with van der Waals surface area (Å²) in [7, 11) is 0. The Morgan fingerprint density at radius 1 is 1.21 bits per heavy atom. The van der Waals surface area contributed by atoms with Gasteiger partial charge in [-0.15, -0.1) is 0 Å². The Bertz CT molecular complexity index is 372. The molecule has 1 saturated carbocycles. The number of phenols is 2. The first-order chi connectivity index (χ1) is 6.50. The van der Waals surface area contributed by atoms with Gasteiger partial charge in [0, 0.05) is 18.1 Å². The van der Waals surface area contributed by atoms with Gasteiger partial charge in [0.15, 0.2) is 11.6 Å². The number of aliphatic hydroxyl groups is 1. The molecule has 0 aromatic heterocycles. The van der Waals surface area contributed by atoms with Crippen molar-refractivity contribution in [3.63, 3.8) is 0 Å². The largest absolute Gasteiger partial charge is 0.508 e. The summed E-state index contributed by atoms with van der Waals surface area (Å²) < 4.78 is 12.7. The first kappa shape index (κ1) is 9.27. The van der Waals surface area contributed by atoms with Crippen molar-refractivity contribution < 1.29 is 19.7 Å². The molecular weight excluding hydrogens is 187 g/mol. The van der Waals surface area contributed by atoms with Crippen LogP contribution in [-0.2, 0) is 6.42 Å². The van der Waals surface area contributed by atoms with Gasteiger partial charge in [0.25, 0.3) is 0 Å². The van der Waals surface area contributed by atoms with Crippen LogP contribution >= 0.6 is 0 Å². The van der Waals surface area contributed by atoms with Crippen LogP contribution < -0.4 is 0 Å². The van der Waals surface area contributed by atoms with Crippen molar-refractivity contribution in [3.05, 3.63) is 23.5 Å². The van der Waals surface area contributed by atoms with Crippen molar-refractivity contribution in [2.24, 2.45) is 0 Å². The third-order valence-corrected chi connectivity index (χ3v) is 2.49. The predicted molar refractivity (Wildman–Crippen MR) is 47.6 cm³/mol. The Morgan fingerprint density at radius 3 is 2.43 bits per heavy atom. The van der Waals surface area contributed by atoms with Crippen LogP contribution in [-0.4, -0.2) is 20.9 Å². The summed E-state index contributed by atoms with van der Waals surface area (Å²) in [4.78, 5) is 0. The monoisotopic (exact) mass is 198 g/mol. The lowest BCUT2D eigenvalue weighted by atomic mass is 10.0. The number of halogens is 1. The van der Waals surface area contributed by atoms with Crippen molar-refractivity contribution in [2.45, 2.75) is 24.9 Å². The molecule has 0 atom stereocenters. The molecular formula is C10H11FO3. The van der Waals surface area contributed by atoms with Crippen LogP contribution in [0.3, 0.4) is 0 Å². The maximum Gasteiger partial charge on any atom is 0.168 e. The second-order valence-electron chi connectivity index (χ2n) is 3.83. The minimum absolute atomic E-state index is 0.222. The summed E-state index contributed by atoms with van der Waals surface area (Å²) in [6.07, 6.45) is 1.63. The fourth-order valence-corrected chi connectivity index (χ4v) is 1.41. The van der Waals surface area contributed by atoms with E-state index in [2.05, 4.69) is 0 Å². The molecule has 14 heavy (non-hydrogen) atoms. The zero-order valence-corrected chi connectivity index (χ0v) is 7.50. The van der Waals surface area contributed by atoms with Crippen LogP contribution in [0.25, 0.3) is 0 Å². The van der Waals surface area contributed by atoms with Crippen molar-refractivity contribution in [3.8, 4) is 11.5 Å². The van der Waals surface area contributed by atoms with Crippen LogP contribution in [0.1, 0.15) is 18.4 Å². The molecule has 0 unspecified atom stereocenters. The van der Waals surface area contributed by atoms with Gasteiger partial charge in [-0.25, -0.2) is 4.39 Å². The molecule has 3 nitrogen and oxygen atoms in total. The average Bonchev–Trinajstić information content (AvgIpc) is 2.80. The van der Waals surface area contributed by atoms with Gasteiger partial charge in [-0.05, 0) is 18.9 Å². The van der Waals surface area contributed by atoms with Gasteiger partial charge in [-0.1, -0.05) is 0 Å². The molecule has 0 heterocycles. The SMILES string of the molecule is Oc1cc(CC2(O)CC2)c(O)cc1F. The number of benzene rings is 1. The first-order valence-electron chi connectivity index (χ1n) is 4.43. The van der Waals surface area contributed by atoms with Crippen molar-refractivity contribution in [1.82, 2.24) is 0 Å². The van der Waals surface area contributed by atoms with E-state index in [0.29, 0.717) is 18.4 Å². The van der Waals surface area contributed by atoms with Crippen LogP contribution in [0, 0.1) is 5.82 Å². The minimum atomic E-state index is -0.853. The Labute approximate surface area is 80.4 Å². The number of rotatable bonds is 2. The maximum atomic E-state index is 12.7. The van der Waals surface area contributed by atoms with E-state index < -0.39 is 17.2 Å². The fourth-order valence-electron chi connectivity index (χ4n) is 1.41. The number of phenolic OH excluding ortho intramolecular Hbond substituents is 2. The highest BCUT2D eigenvalue weighted by molar-refractivity contribution is 5.41. The quantitative estimate of drug-likeness (QED) is 0.628. The van der Waals surface area contributed by atoms with Gasteiger partial charge in [0.2, 0.25) is 0 Å². The lowest BCUT2D eigenvalue weighted by Gasteiger charge is -2.09. The third-order valence-electron chi connectivity index (χ3n) is 2.49. The molecule has 1 aliphatic rings. The minimum Gasteiger partial charge on any atom is -0.508 e. The number of hydrogen-bond donors (Lipinski definition) is 3. The molecule has 1 aromatic carbocycles. The second kappa shape index (κ2) is 2.85. The van der Waals surface area contributed by atoms with E-state index in [1.165, 1.54) is 0 Å². The van der Waals surface area contributed by atoms with E-state index in [-0.39, 0.29) is 12.2 Å². The van der Waals surface area contributed by atoms with E-state index in [0.717, 1.165) is 12.1 Å². The number of aromatic hydroxyl groups is 2. The van der Waals surface area contributed by atoms with Gasteiger partial charge in [0.1, 0.15) is 5.75 Å². The highest BCUT2D eigenvalue weighted by Crippen LogP contribution is 2.40. The average molecular weight is 198 g/mol. The van der Waals surface area contributed by atoms with E-state index in [1.807, 2.05) is 0 Å². The smallest absolute Gasteiger partial charge is 0.168 e. The van der Waals surface area contributed by atoms with Crippen LogP contribution in [0.4, 0.5) is 4.39 Å². The van der Waals surface area contributed by atoms with Crippen molar-refractivity contribution >= 4 is 0 Å². The normalized spacial score (nSPS) is 18.1. The standard InChI is InChI=1S/C10H11FO3/c11-7-4-8(12)6(3-9(7)13)5-10(14)1-2-10/h3-4,12-14H,1-2,5H2. The summed E-state index contributed by atoms with van der Waals surface area (Å²) in [5.74, 6) is -1.57. The molecule has 1 aliphatic carbocycles. The second-order valence-corrected chi connectivity index (χ2v) is 3.83.